The third-order valence-corrected chi connectivity index (χ3v) is 6.99. The summed E-state index contributed by atoms with van der Waals surface area (Å²) in [6, 6.07) is 11.9. The van der Waals surface area contributed by atoms with Crippen molar-refractivity contribution in [2.75, 3.05) is 52.9 Å². The molecule has 3 heterocycles. The molecule has 3 unspecified atom stereocenters. The summed E-state index contributed by atoms with van der Waals surface area (Å²) in [7, 11) is 1.91. The molecule has 1 aromatic carbocycles. The van der Waals surface area contributed by atoms with Crippen molar-refractivity contribution in [3.63, 3.8) is 0 Å². The van der Waals surface area contributed by atoms with Crippen LogP contribution in [-0.2, 0) is 11.3 Å². The van der Waals surface area contributed by atoms with Crippen LogP contribution in [0, 0.1) is 5.92 Å². The molecule has 3 saturated heterocycles. The van der Waals surface area contributed by atoms with Crippen molar-refractivity contribution in [2.24, 2.45) is 10.9 Å². The van der Waals surface area contributed by atoms with E-state index in [0.717, 1.165) is 45.3 Å². The SMILES string of the molecule is CN=C(NCC1CCCN(C(C)C)C1)N1CC2OCCN(Cc3ccccc3)C2C1.I. The minimum atomic E-state index is 0. The molecule has 31 heavy (non-hydrogen) atoms. The molecule has 7 heteroatoms. The standard InChI is InChI=1S/C24H39N5O.HI/c1-19(2)27-11-7-10-21(16-27)14-26-24(25-3)29-17-22-23(18-29)30-13-12-28(22)15-20-8-5-4-6-9-20;/h4-6,8-9,19,21-23H,7,10-18H2,1-3H3,(H,25,26);1H. The summed E-state index contributed by atoms with van der Waals surface area (Å²) in [6.45, 7) is 12.8. The highest BCUT2D eigenvalue weighted by Gasteiger charge is 2.41. The number of hydrogen-bond donors (Lipinski definition) is 1. The van der Waals surface area contributed by atoms with Crippen molar-refractivity contribution >= 4 is 29.9 Å². The summed E-state index contributed by atoms with van der Waals surface area (Å²) < 4.78 is 6.16. The molecule has 1 aromatic rings. The van der Waals surface area contributed by atoms with Gasteiger partial charge < -0.3 is 19.9 Å². The molecule has 0 radical (unpaired) electrons. The molecule has 3 aliphatic rings. The van der Waals surface area contributed by atoms with Crippen LogP contribution in [-0.4, -0.2) is 91.8 Å². The summed E-state index contributed by atoms with van der Waals surface area (Å²) in [5, 5.41) is 3.69. The number of morpholine rings is 1. The zero-order valence-corrected chi connectivity index (χ0v) is 21.7. The molecule has 0 aromatic heterocycles. The van der Waals surface area contributed by atoms with Gasteiger partial charge in [0.2, 0.25) is 0 Å². The van der Waals surface area contributed by atoms with E-state index in [1.807, 2.05) is 7.05 Å². The van der Waals surface area contributed by atoms with E-state index in [1.54, 1.807) is 0 Å². The highest BCUT2D eigenvalue weighted by Crippen LogP contribution is 2.25. The van der Waals surface area contributed by atoms with Crippen molar-refractivity contribution in [2.45, 2.75) is 51.4 Å². The van der Waals surface area contributed by atoms with Crippen LogP contribution in [0.3, 0.4) is 0 Å². The predicted octanol–water partition coefficient (Wildman–Crippen LogP) is 2.89. The number of rotatable bonds is 5. The summed E-state index contributed by atoms with van der Waals surface area (Å²) >= 11 is 0. The van der Waals surface area contributed by atoms with Gasteiger partial charge in [-0.05, 0) is 44.7 Å². The van der Waals surface area contributed by atoms with E-state index >= 15 is 0 Å². The van der Waals surface area contributed by atoms with E-state index in [-0.39, 0.29) is 30.1 Å². The summed E-state index contributed by atoms with van der Waals surface area (Å²) in [6.07, 6.45) is 2.89. The minimum Gasteiger partial charge on any atom is -0.373 e. The molecule has 0 aliphatic carbocycles. The van der Waals surface area contributed by atoms with Crippen LogP contribution in [0.2, 0.25) is 0 Å². The van der Waals surface area contributed by atoms with E-state index in [0.29, 0.717) is 18.0 Å². The Bertz CT molecular complexity index is 700. The fraction of sp³-hybridized carbons (Fsp3) is 0.708. The van der Waals surface area contributed by atoms with E-state index in [2.05, 4.69) is 69.2 Å². The third-order valence-electron chi connectivity index (χ3n) is 6.99. The van der Waals surface area contributed by atoms with E-state index in [4.69, 9.17) is 4.74 Å². The number of benzene rings is 1. The van der Waals surface area contributed by atoms with Crippen LogP contribution in [0.15, 0.2) is 35.3 Å². The van der Waals surface area contributed by atoms with Crippen LogP contribution >= 0.6 is 24.0 Å². The lowest BCUT2D eigenvalue weighted by Gasteiger charge is -2.36. The number of guanidine groups is 1. The summed E-state index contributed by atoms with van der Waals surface area (Å²) in [5.41, 5.74) is 1.38. The van der Waals surface area contributed by atoms with Gasteiger partial charge >= 0.3 is 0 Å². The van der Waals surface area contributed by atoms with Gasteiger partial charge in [0.15, 0.2) is 5.96 Å². The first-order chi connectivity index (χ1) is 14.6. The number of nitrogens with zero attached hydrogens (tertiary/aromatic N) is 4. The minimum absolute atomic E-state index is 0. The Kier molecular flexibility index (Phi) is 9.43. The van der Waals surface area contributed by atoms with Crippen LogP contribution in [0.5, 0.6) is 0 Å². The fourth-order valence-corrected chi connectivity index (χ4v) is 5.25. The molecule has 6 nitrogen and oxygen atoms in total. The normalized spacial score (nSPS) is 27.8. The molecule has 3 atom stereocenters. The van der Waals surface area contributed by atoms with Crippen LogP contribution in [0.25, 0.3) is 0 Å². The lowest BCUT2D eigenvalue weighted by atomic mass is 9.97. The van der Waals surface area contributed by atoms with Gasteiger partial charge in [0, 0.05) is 52.4 Å². The number of fused-ring (bicyclic) bond motifs is 1. The Balaban J connectivity index is 0.00000272. The number of halogens is 1. The Morgan fingerprint density at radius 2 is 1.97 bits per heavy atom. The highest BCUT2D eigenvalue weighted by atomic mass is 127. The number of nitrogens with one attached hydrogen (secondary N) is 1. The van der Waals surface area contributed by atoms with Crippen LogP contribution in [0.4, 0.5) is 0 Å². The van der Waals surface area contributed by atoms with Gasteiger partial charge in [-0.1, -0.05) is 30.3 Å². The van der Waals surface area contributed by atoms with Gasteiger partial charge in [-0.15, -0.1) is 24.0 Å². The van der Waals surface area contributed by atoms with Crippen molar-refractivity contribution in [3.8, 4) is 0 Å². The largest absolute Gasteiger partial charge is 0.373 e. The van der Waals surface area contributed by atoms with Gasteiger partial charge in [-0.25, -0.2) is 0 Å². The fourth-order valence-electron chi connectivity index (χ4n) is 5.25. The van der Waals surface area contributed by atoms with E-state index < -0.39 is 0 Å². The predicted molar refractivity (Wildman–Crippen MR) is 138 cm³/mol. The van der Waals surface area contributed by atoms with Crippen LogP contribution in [0.1, 0.15) is 32.3 Å². The average Bonchev–Trinajstić information content (AvgIpc) is 3.20. The third kappa shape index (κ3) is 6.33. The van der Waals surface area contributed by atoms with Crippen molar-refractivity contribution in [1.29, 1.82) is 0 Å². The molecule has 3 fully saturated rings. The van der Waals surface area contributed by atoms with E-state index in [9.17, 15) is 0 Å². The molecule has 0 spiro atoms. The quantitative estimate of drug-likeness (QED) is 0.353. The lowest BCUT2D eigenvalue weighted by molar-refractivity contribution is -0.0502. The highest BCUT2D eigenvalue weighted by molar-refractivity contribution is 14.0. The second kappa shape index (κ2) is 11.8. The first kappa shape index (κ1) is 24.7. The Morgan fingerprint density at radius 3 is 2.71 bits per heavy atom. The first-order valence-corrected chi connectivity index (χ1v) is 11.7. The van der Waals surface area contributed by atoms with Crippen molar-refractivity contribution in [1.82, 2.24) is 20.0 Å². The smallest absolute Gasteiger partial charge is 0.193 e. The maximum atomic E-state index is 6.16. The molecule has 4 rings (SSSR count). The van der Waals surface area contributed by atoms with Crippen molar-refractivity contribution < 1.29 is 4.74 Å². The second-order valence-electron chi connectivity index (χ2n) is 9.36. The van der Waals surface area contributed by atoms with Gasteiger partial charge in [0.1, 0.15) is 0 Å². The number of ether oxygens (including phenoxy) is 1. The molecule has 0 bridgehead atoms. The van der Waals surface area contributed by atoms with Gasteiger partial charge in [0.25, 0.3) is 0 Å². The zero-order valence-electron chi connectivity index (χ0n) is 19.4. The number of aliphatic imine (C=N–C) groups is 1. The van der Waals surface area contributed by atoms with Crippen LogP contribution < -0.4 is 5.32 Å². The average molecular weight is 542 g/mol. The molecule has 174 valence electrons. The number of hydrogen-bond acceptors (Lipinski definition) is 4. The Hall–Kier alpha value is -0.900. The molecule has 1 N–H and O–H groups in total. The summed E-state index contributed by atoms with van der Waals surface area (Å²) in [5.74, 6) is 1.74. The van der Waals surface area contributed by atoms with Gasteiger partial charge in [0.05, 0.1) is 18.8 Å². The zero-order chi connectivity index (χ0) is 20.9. The lowest BCUT2D eigenvalue weighted by Crippen LogP contribution is -2.50. The molecular formula is C24H40IN5O. The molecule has 3 aliphatic heterocycles. The topological polar surface area (TPSA) is 43.3 Å². The second-order valence-corrected chi connectivity index (χ2v) is 9.36. The van der Waals surface area contributed by atoms with Crippen molar-refractivity contribution in [3.05, 3.63) is 35.9 Å². The maximum absolute atomic E-state index is 6.16. The Morgan fingerprint density at radius 1 is 1.16 bits per heavy atom. The molecule has 0 amide bonds. The number of piperidine rings is 1. The van der Waals surface area contributed by atoms with Gasteiger partial charge in [-0.2, -0.15) is 0 Å². The summed E-state index contributed by atoms with van der Waals surface area (Å²) in [4.78, 5) is 12.2. The first-order valence-electron chi connectivity index (χ1n) is 11.7. The molecule has 0 saturated carbocycles. The Labute approximate surface area is 205 Å². The maximum Gasteiger partial charge on any atom is 0.193 e. The van der Waals surface area contributed by atoms with E-state index in [1.165, 1.54) is 31.5 Å². The van der Waals surface area contributed by atoms with Gasteiger partial charge in [-0.3, -0.25) is 9.89 Å². The monoisotopic (exact) mass is 541 g/mol. The number of likely N-dealkylation sites (tertiary alicyclic amines) is 2. The molecular weight excluding hydrogens is 501 g/mol.